The van der Waals surface area contributed by atoms with Crippen molar-refractivity contribution in [1.82, 2.24) is 4.92 Å². The Morgan fingerprint density at radius 3 is 1.38 bits per heavy atom. The Morgan fingerprint density at radius 2 is 1.12 bits per heavy atom. The first-order valence-electron chi connectivity index (χ1n) is 5.06. The predicted octanol–water partition coefficient (Wildman–Crippen LogP) is -1.71. The van der Waals surface area contributed by atoms with Gasteiger partial charge >= 0.3 is 29.8 Å². The van der Waals surface area contributed by atoms with Gasteiger partial charge in [-0.3, -0.25) is 40.5 Å². The quantitative estimate of drug-likeness (QED) is 0.294. The van der Waals surface area contributed by atoms with E-state index in [0.717, 1.165) is 0 Å². The van der Waals surface area contributed by atoms with E-state index < -0.39 is 64.3 Å². The molecule has 0 bridgehead atoms. The highest BCUT2D eigenvalue weighted by Gasteiger charge is 2.81. The van der Waals surface area contributed by atoms with E-state index in [9.17, 15) is 60.7 Å². The zero-order valence-corrected chi connectivity index (χ0v) is 10.6. The van der Waals surface area contributed by atoms with Crippen molar-refractivity contribution in [3.63, 3.8) is 0 Å². The lowest BCUT2D eigenvalue weighted by atomic mass is 9.69. The molecule has 0 spiro atoms. The third kappa shape index (κ3) is 2.60. The van der Waals surface area contributed by atoms with Gasteiger partial charge in [-0.1, -0.05) is 0 Å². The van der Waals surface area contributed by atoms with Gasteiger partial charge in [0, 0.05) is 4.83 Å². The minimum atomic E-state index is -3.33. The fourth-order valence-electron chi connectivity index (χ4n) is 1.74. The summed E-state index contributed by atoms with van der Waals surface area (Å²) in [6.45, 7) is -3.33. The van der Waals surface area contributed by atoms with E-state index in [4.69, 9.17) is 0 Å². The number of nitro groups is 6. The molecule has 1 rings (SSSR count). The highest BCUT2D eigenvalue weighted by Crippen LogP contribution is 2.32. The van der Waals surface area contributed by atoms with Crippen LogP contribution >= 0.6 is 0 Å². The fraction of sp³-hybridized carbons (Fsp3) is 0. The van der Waals surface area contributed by atoms with Gasteiger partial charge in [-0.2, -0.15) is 0 Å². The van der Waals surface area contributed by atoms with Crippen LogP contribution in [-0.2, 0) is 0 Å². The van der Waals surface area contributed by atoms with E-state index in [1.54, 1.807) is 0 Å². The lowest BCUT2D eigenvalue weighted by Gasteiger charge is -2.11. The van der Waals surface area contributed by atoms with Crippen LogP contribution in [0.3, 0.4) is 0 Å². The van der Waals surface area contributed by atoms with E-state index in [-0.39, 0.29) is 0 Å². The second-order valence-corrected chi connectivity index (χ2v) is 3.68. The standard InChI is InChI=1S/C4BN7O12/c13-7(14)1-2(8(15)16)4(10(19)20)6(12(23)24)5(11(21)22)3(1)9(17)18. The van der Waals surface area contributed by atoms with Crippen molar-refractivity contribution in [3.8, 4) is 0 Å². The molecule has 0 N–H and O–H groups in total. The third-order valence-electron chi connectivity index (χ3n) is 2.48. The molecule has 0 aromatic rings. The summed E-state index contributed by atoms with van der Waals surface area (Å²) in [5, 5.41) is 63.3. The summed E-state index contributed by atoms with van der Waals surface area (Å²) in [5.74, 6) is -2.26. The molecule has 0 saturated carbocycles. The highest BCUT2D eigenvalue weighted by atomic mass is 16.7. The number of hydrogen-bond acceptors (Lipinski definition) is 12. The van der Waals surface area contributed by atoms with Crippen molar-refractivity contribution >= 4 is 6.98 Å². The molecule has 24 heavy (non-hydrogen) atoms. The third-order valence-corrected chi connectivity index (χ3v) is 2.48. The van der Waals surface area contributed by atoms with Gasteiger partial charge < -0.3 is 10.1 Å². The molecule has 0 aromatic carbocycles. The number of rotatable bonds is 6. The van der Waals surface area contributed by atoms with Gasteiger partial charge in [-0.15, -0.1) is 0 Å². The smallest absolute Gasteiger partial charge is 0.358 e. The van der Waals surface area contributed by atoms with Crippen molar-refractivity contribution in [2.75, 3.05) is 0 Å². The molecule has 0 atom stereocenters. The molecule has 1 aliphatic heterocycles. The molecule has 0 aromatic heterocycles. The first-order chi connectivity index (χ1) is 10.9. The Balaban J connectivity index is 4.15. The summed E-state index contributed by atoms with van der Waals surface area (Å²) in [4.78, 5) is 54.9. The SMILES string of the molecule is O=[N+]([O-])B1C([N+](=O)[O-])=C([N+](=O)[O-])C([N+](=O)[O-])=C([N+](=O)[O-])N1[N+](=O)[O-]. The van der Waals surface area contributed by atoms with Crippen molar-refractivity contribution in [2.24, 2.45) is 0 Å². The van der Waals surface area contributed by atoms with Crippen LogP contribution in [0.1, 0.15) is 0 Å². The van der Waals surface area contributed by atoms with Crippen LogP contribution in [0.4, 0.5) is 0 Å². The Bertz CT molecular complexity index is 703. The summed E-state index contributed by atoms with van der Waals surface area (Å²) < 4.78 is 0. The number of hydrogen-bond donors (Lipinski definition) is 0. The normalized spacial score (nSPS) is 14.5. The van der Waals surface area contributed by atoms with Crippen molar-refractivity contribution in [3.05, 3.63) is 83.5 Å². The maximum absolute atomic E-state index is 10.9. The summed E-state index contributed by atoms with van der Waals surface area (Å²) in [6, 6.07) is 0. The molecule has 0 amide bonds. The minimum absolute atomic E-state index is 1.09. The molecule has 20 heteroatoms. The van der Waals surface area contributed by atoms with Gasteiger partial charge in [0.1, 0.15) is 0 Å². The Kier molecular flexibility index (Phi) is 4.34. The summed E-state index contributed by atoms with van der Waals surface area (Å²) in [5.41, 5.74) is -6.60. The van der Waals surface area contributed by atoms with Crippen molar-refractivity contribution < 1.29 is 29.6 Å². The Labute approximate surface area is 126 Å². The largest absolute Gasteiger partial charge is 0.966 e. The van der Waals surface area contributed by atoms with E-state index in [1.807, 2.05) is 0 Å². The Morgan fingerprint density at radius 1 is 0.667 bits per heavy atom. The summed E-state index contributed by atoms with van der Waals surface area (Å²) >= 11 is 0. The second kappa shape index (κ2) is 5.86. The van der Waals surface area contributed by atoms with Crippen molar-refractivity contribution in [1.29, 1.82) is 0 Å². The first kappa shape index (κ1) is 17.8. The van der Waals surface area contributed by atoms with Crippen LogP contribution in [0.5, 0.6) is 0 Å². The monoisotopic (exact) mass is 349 g/mol. The molecule has 0 unspecified atom stereocenters. The maximum Gasteiger partial charge on any atom is 0.966 e. The molecule has 1 aliphatic rings. The number of nitrogens with zero attached hydrogens (tertiary/aromatic N) is 7. The highest BCUT2D eigenvalue weighted by molar-refractivity contribution is 6.55. The average Bonchev–Trinajstić information content (AvgIpc) is 2.42. The van der Waals surface area contributed by atoms with Gasteiger partial charge in [0.05, 0.1) is 19.7 Å². The Hall–Kier alpha value is -4.26. The summed E-state index contributed by atoms with van der Waals surface area (Å²) in [7, 11) is 0. The molecule has 126 valence electrons. The van der Waals surface area contributed by atoms with Gasteiger partial charge in [0.15, 0.2) is 0 Å². The molecule has 1 heterocycles. The van der Waals surface area contributed by atoms with Gasteiger partial charge in [-0.25, -0.2) is 10.1 Å². The zero-order valence-electron chi connectivity index (χ0n) is 10.6. The van der Waals surface area contributed by atoms with Crippen molar-refractivity contribution in [2.45, 2.75) is 0 Å². The average molecular weight is 349 g/mol. The van der Waals surface area contributed by atoms with Crippen LogP contribution < -0.4 is 0 Å². The lowest BCUT2D eigenvalue weighted by Crippen LogP contribution is -2.56. The van der Waals surface area contributed by atoms with Gasteiger partial charge in [-0.05, 0) is 4.92 Å². The molecule has 0 radical (unpaired) electrons. The molecular weight excluding hydrogens is 349 g/mol. The number of hydrazine groups is 1. The second-order valence-electron chi connectivity index (χ2n) is 3.68. The molecule has 0 saturated heterocycles. The van der Waals surface area contributed by atoms with Gasteiger partial charge in [0.2, 0.25) is 5.03 Å². The van der Waals surface area contributed by atoms with Crippen LogP contribution in [0.25, 0.3) is 0 Å². The first-order valence-corrected chi connectivity index (χ1v) is 5.06. The summed E-state index contributed by atoms with van der Waals surface area (Å²) in [6.07, 6.45) is 0. The van der Waals surface area contributed by atoms with Crippen LogP contribution in [0, 0.1) is 60.7 Å². The van der Waals surface area contributed by atoms with E-state index >= 15 is 0 Å². The molecular formula is C4BN7O12. The topological polar surface area (TPSA) is 262 Å². The van der Waals surface area contributed by atoms with Crippen LogP contribution in [0.2, 0.25) is 0 Å². The van der Waals surface area contributed by atoms with E-state index in [2.05, 4.69) is 0 Å². The zero-order chi connectivity index (χ0) is 18.9. The van der Waals surface area contributed by atoms with Crippen LogP contribution in [-0.4, -0.2) is 41.5 Å². The maximum atomic E-state index is 10.9. The lowest BCUT2D eigenvalue weighted by molar-refractivity contribution is -0.669. The van der Waals surface area contributed by atoms with Crippen LogP contribution in [0.15, 0.2) is 22.8 Å². The molecule has 19 nitrogen and oxygen atoms in total. The van der Waals surface area contributed by atoms with E-state index in [1.165, 1.54) is 0 Å². The van der Waals surface area contributed by atoms with Gasteiger partial charge in [0.25, 0.3) is 0 Å². The fourth-order valence-corrected chi connectivity index (χ4v) is 1.74. The predicted molar refractivity (Wildman–Crippen MR) is 63.6 cm³/mol. The molecule has 0 aliphatic carbocycles. The van der Waals surface area contributed by atoms with E-state index in [0.29, 0.717) is 0 Å². The molecule has 0 fully saturated rings. The minimum Gasteiger partial charge on any atom is -0.358 e.